The van der Waals surface area contributed by atoms with E-state index in [1.54, 1.807) is 24.3 Å². The Kier molecular flexibility index (Phi) is 7.77. The van der Waals surface area contributed by atoms with Crippen LogP contribution in [0.4, 0.5) is 5.69 Å². The van der Waals surface area contributed by atoms with Crippen molar-refractivity contribution in [2.45, 2.75) is 26.2 Å². The Morgan fingerprint density at radius 2 is 1.88 bits per heavy atom. The zero-order chi connectivity index (χ0) is 24.4. The fraction of sp³-hybridized carbons (Fsp3) is 0.160. The topological polar surface area (TPSA) is 67.2 Å². The van der Waals surface area contributed by atoms with Crippen molar-refractivity contribution in [2.24, 2.45) is 0 Å². The number of benzene rings is 3. The van der Waals surface area contributed by atoms with Crippen molar-refractivity contribution in [3.8, 4) is 11.5 Å². The standard InChI is InChI=1S/C25H20Cl2IN3O2S/c1-3-13(2)14-5-9-22-21(10-14)29-24(33-22)15-4-7-19(27)20(11-15)30-25(34)31-23(32)17-12-16(28)6-8-18(17)26/h4-13H,3H2,1-2H3,(H2,30,31,32,34)/t13-/m1/s1. The highest BCUT2D eigenvalue weighted by atomic mass is 127. The molecule has 2 N–H and O–H groups in total. The van der Waals surface area contributed by atoms with Crippen molar-refractivity contribution in [1.82, 2.24) is 10.3 Å². The van der Waals surface area contributed by atoms with Gasteiger partial charge in [0, 0.05) is 9.13 Å². The molecule has 0 spiro atoms. The van der Waals surface area contributed by atoms with Crippen LogP contribution in [0.15, 0.2) is 59.0 Å². The van der Waals surface area contributed by atoms with Gasteiger partial charge in [0.1, 0.15) is 5.52 Å². The van der Waals surface area contributed by atoms with Gasteiger partial charge in [-0.1, -0.05) is 43.1 Å². The van der Waals surface area contributed by atoms with Crippen molar-refractivity contribution in [3.05, 3.63) is 79.3 Å². The van der Waals surface area contributed by atoms with Gasteiger partial charge in [0.25, 0.3) is 5.91 Å². The first-order valence-electron chi connectivity index (χ1n) is 10.5. The molecule has 3 aromatic carbocycles. The van der Waals surface area contributed by atoms with Crippen molar-refractivity contribution in [2.75, 3.05) is 5.32 Å². The Bertz CT molecular complexity index is 1410. The van der Waals surface area contributed by atoms with E-state index in [1.807, 2.05) is 18.2 Å². The van der Waals surface area contributed by atoms with Crippen LogP contribution in [0.3, 0.4) is 0 Å². The van der Waals surface area contributed by atoms with Gasteiger partial charge in [0.15, 0.2) is 10.7 Å². The third-order valence-corrected chi connectivity index (χ3v) is 6.99. The number of aromatic nitrogens is 1. The minimum Gasteiger partial charge on any atom is -0.436 e. The van der Waals surface area contributed by atoms with E-state index in [-0.39, 0.29) is 5.11 Å². The van der Waals surface area contributed by atoms with E-state index in [1.165, 1.54) is 5.56 Å². The molecule has 1 aromatic heterocycles. The number of hydrogen-bond acceptors (Lipinski definition) is 4. The second-order valence-corrected chi connectivity index (χ2v) is 10.3. The summed E-state index contributed by atoms with van der Waals surface area (Å²) in [6, 6.07) is 16.6. The number of amides is 1. The number of rotatable bonds is 5. The van der Waals surface area contributed by atoms with Crippen LogP contribution in [0.1, 0.15) is 42.1 Å². The van der Waals surface area contributed by atoms with Gasteiger partial charge in [-0.05, 0) is 101 Å². The summed E-state index contributed by atoms with van der Waals surface area (Å²) in [5.41, 5.74) is 4.31. The zero-order valence-electron chi connectivity index (χ0n) is 18.3. The number of carbonyl (C=O) groups is 1. The highest BCUT2D eigenvalue weighted by molar-refractivity contribution is 14.1. The molecule has 1 amide bonds. The molecule has 0 aliphatic carbocycles. The van der Waals surface area contributed by atoms with Crippen LogP contribution >= 0.6 is 58.0 Å². The third-order valence-electron chi connectivity index (χ3n) is 5.45. The summed E-state index contributed by atoms with van der Waals surface area (Å²) in [6.07, 6.45) is 1.05. The van der Waals surface area contributed by atoms with Crippen molar-refractivity contribution in [3.63, 3.8) is 0 Å². The van der Waals surface area contributed by atoms with Gasteiger partial charge in [0.05, 0.1) is 21.3 Å². The second-order valence-electron chi connectivity index (χ2n) is 7.78. The Morgan fingerprint density at radius 1 is 1.12 bits per heavy atom. The van der Waals surface area contributed by atoms with Crippen molar-refractivity contribution >= 4 is 85.8 Å². The average Bonchev–Trinajstić information content (AvgIpc) is 3.24. The van der Waals surface area contributed by atoms with E-state index in [9.17, 15) is 4.79 Å². The van der Waals surface area contributed by atoms with Crippen LogP contribution in [0, 0.1) is 3.57 Å². The van der Waals surface area contributed by atoms with E-state index in [4.69, 9.17) is 39.8 Å². The largest absolute Gasteiger partial charge is 0.436 e. The molecule has 5 nitrogen and oxygen atoms in total. The summed E-state index contributed by atoms with van der Waals surface area (Å²) in [6.45, 7) is 4.35. The van der Waals surface area contributed by atoms with Crippen LogP contribution in [0.2, 0.25) is 10.0 Å². The minimum absolute atomic E-state index is 0.0924. The first-order valence-corrected chi connectivity index (χ1v) is 12.8. The molecule has 0 fully saturated rings. The molecule has 0 saturated heterocycles. The number of hydrogen-bond donors (Lipinski definition) is 2. The summed E-state index contributed by atoms with van der Waals surface area (Å²) in [7, 11) is 0. The summed E-state index contributed by atoms with van der Waals surface area (Å²) in [4.78, 5) is 17.3. The van der Waals surface area contributed by atoms with Crippen molar-refractivity contribution in [1.29, 1.82) is 0 Å². The molecule has 0 aliphatic rings. The second kappa shape index (κ2) is 10.6. The number of nitrogens with zero attached hydrogens (tertiary/aromatic N) is 1. The van der Waals surface area contributed by atoms with Gasteiger partial charge in [-0.2, -0.15) is 0 Å². The van der Waals surface area contributed by atoms with Crippen LogP contribution < -0.4 is 10.6 Å². The number of oxazole rings is 1. The number of nitrogens with one attached hydrogen (secondary N) is 2. The lowest BCUT2D eigenvalue weighted by molar-refractivity contribution is 0.0978. The Labute approximate surface area is 226 Å². The number of carbonyl (C=O) groups excluding carboxylic acids is 1. The van der Waals surface area contributed by atoms with Gasteiger partial charge in [0.2, 0.25) is 5.89 Å². The summed E-state index contributed by atoms with van der Waals surface area (Å²) >= 11 is 20.0. The molecular formula is C25H20Cl2IN3O2S. The molecule has 0 unspecified atom stereocenters. The molecule has 174 valence electrons. The molecule has 0 saturated carbocycles. The SMILES string of the molecule is CC[C@@H](C)c1ccc2oc(-c3ccc(Cl)c(NC(=S)NC(=O)c4cc(I)ccc4Cl)c3)nc2c1. The Morgan fingerprint density at radius 3 is 2.65 bits per heavy atom. The van der Waals surface area contributed by atoms with Gasteiger partial charge >= 0.3 is 0 Å². The molecule has 4 aromatic rings. The predicted octanol–water partition coefficient (Wildman–Crippen LogP) is 8.05. The molecule has 1 heterocycles. The highest BCUT2D eigenvalue weighted by Crippen LogP contribution is 2.32. The van der Waals surface area contributed by atoms with E-state index >= 15 is 0 Å². The Balaban J connectivity index is 1.54. The lowest BCUT2D eigenvalue weighted by Gasteiger charge is -2.12. The number of fused-ring (bicyclic) bond motifs is 1. The fourth-order valence-corrected chi connectivity index (χ4v) is 4.42. The molecule has 34 heavy (non-hydrogen) atoms. The van der Waals surface area contributed by atoms with Crippen LogP contribution in [0.5, 0.6) is 0 Å². The van der Waals surface area contributed by atoms with Gasteiger partial charge in [-0.3, -0.25) is 10.1 Å². The summed E-state index contributed by atoms with van der Waals surface area (Å²) in [5, 5.41) is 6.48. The smallest absolute Gasteiger partial charge is 0.258 e. The van der Waals surface area contributed by atoms with Crippen molar-refractivity contribution < 1.29 is 9.21 Å². The van der Waals surface area contributed by atoms with Crippen LogP contribution in [-0.2, 0) is 0 Å². The summed E-state index contributed by atoms with van der Waals surface area (Å²) in [5.74, 6) is 0.502. The highest BCUT2D eigenvalue weighted by Gasteiger charge is 2.15. The van der Waals surface area contributed by atoms with E-state index in [2.05, 4.69) is 64.2 Å². The van der Waals surface area contributed by atoms with Gasteiger partial charge < -0.3 is 9.73 Å². The number of anilines is 1. The Hall–Kier alpha value is -2.20. The first kappa shape index (κ1) is 24.9. The average molecular weight is 624 g/mol. The molecule has 0 bridgehead atoms. The lowest BCUT2D eigenvalue weighted by Crippen LogP contribution is -2.34. The first-order chi connectivity index (χ1) is 16.2. The monoisotopic (exact) mass is 623 g/mol. The number of thiocarbonyl (C=S) groups is 1. The molecule has 0 aliphatic heterocycles. The van der Waals surface area contributed by atoms with Crippen LogP contribution in [0.25, 0.3) is 22.6 Å². The van der Waals surface area contributed by atoms with E-state index in [0.29, 0.717) is 38.7 Å². The maximum Gasteiger partial charge on any atom is 0.258 e. The molecule has 0 radical (unpaired) electrons. The number of halogens is 3. The maximum atomic E-state index is 12.6. The van der Waals surface area contributed by atoms with E-state index < -0.39 is 5.91 Å². The fourth-order valence-electron chi connectivity index (χ4n) is 3.36. The normalized spacial score (nSPS) is 11.9. The third kappa shape index (κ3) is 5.54. The van der Waals surface area contributed by atoms with Crippen LogP contribution in [-0.4, -0.2) is 16.0 Å². The quantitative estimate of drug-likeness (QED) is 0.174. The lowest BCUT2D eigenvalue weighted by atomic mass is 9.98. The molecular weight excluding hydrogens is 604 g/mol. The molecule has 4 rings (SSSR count). The minimum atomic E-state index is -0.413. The molecule has 1 atom stereocenters. The summed E-state index contributed by atoms with van der Waals surface area (Å²) < 4.78 is 6.85. The van der Waals surface area contributed by atoms with E-state index in [0.717, 1.165) is 21.1 Å². The predicted molar refractivity (Wildman–Crippen MR) is 151 cm³/mol. The molecule has 9 heteroatoms. The van der Waals surface area contributed by atoms with Gasteiger partial charge in [-0.25, -0.2) is 4.98 Å². The zero-order valence-corrected chi connectivity index (χ0v) is 22.8. The maximum absolute atomic E-state index is 12.6. The van der Waals surface area contributed by atoms with Gasteiger partial charge in [-0.15, -0.1) is 0 Å².